The first-order chi connectivity index (χ1) is 19.7. The summed E-state index contributed by atoms with van der Waals surface area (Å²) < 4.78 is 8.25. The van der Waals surface area contributed by atoms with E-state index >= 15 is 0 Å². The molecule has 1 N–H and O–H groups in total. The number of ether oxygens (including phenoxy) is 1. The molecule has 2 fully saturated rings. The topological polar surface area (TPSA) is 73.4 Å². The fourth-order valence-corrected chi connectivity index (χ4v) is 7.43. The van der Waals surface area contributed by atoms with Gasteiger partial charge in [0.05, 0.1) is 55.0 Å². The van der Waals surface area contributed by atoms with Crippen molar-refractivity contribution in [2.75, 3.05) is 75.9 Å². The van der Waals surface area contributed by atoms with E-state index < -0.39 is 0 Å². The molecule has 4 heterocycles. The number of H-pyrrole nitrogens is 1. The van der Waals surface area contributed by atoms with Gasteiger partial charge in [-0.1, -0.05) is 24.3 Å². The summed E-state index contributed by atoms with van der Waals surface area (Å²) in [5.74, 6) is 2.59. The van der Waals surface area contributed by atoms with Crippen LogP contribution >= 0.6 is 0 Å². The third kappa shape index (κ3) is 6.38. The van der Waals surface area contributed by atoms with Crippen LogP contribution in [0.15, 0.2) is 36.7 Å². The van der Waals surface area contributed by atoms with Crippen LogP contribution in [-0.4, -0.2) is 100 Å². The first-order valence-corrected chi connectivity index (χ1v) is 16.8. The molecule has 0 bridgehead atoms. The van der Waals surface area contributed by atoms with Crippen LogP contribution in [0.3, 0.4) is 0 Å². The van der Waals surface area contributed by atoms with Gasteiger partial charge in [-0.3, -0.25) is 5.10 Å². The number of aromatic amines is 1. The minimum atomic E-state index is 0.442. The zero-order valence-electron chi connectivity index (χ0n) is 24.1. The van der Waals surface area contributed by atoms with Gasteiger partial charge in [0.2, 0.25) is 5.95 Å². The molecule has 0 amide bonds. The van der Waals surface area contributed by atoms with Gasteiger partial charge in [0.15, 0.2) is 0 Å². The second kappa shape index (κ2) is 13.0. The lowest BCUT2D eigenvalue weighted by Crippen LogP contribution is -2.49. The normalized spacial score (nSPS) is 21.1. The Balaban J connectivity index is 1.06. The van der Waals surface area contributed by atoms with E-state index in [-0.39, 0.29) is 0 Å². The van der Waals surface area contributed by atoms with Gasteiger partial charge in [-0.2, -0.15) is 5.10 Å². The minimum absolute atomic E-state index is 0.442. The average molecular weight is 563 g/mol. The van der Waals surface area contributed by atoms with Crippen LogP contribution in [0.25, 0.3) is 11.3 Å². The fraction of sp³-hybridized carbons (Fsp3) is 0.581. The van der Waals surface area contributed by atoms with E-state index in [0.717, 1.165) is 75.6 Å². The summed E-state index contributed by atoms with van der Waals surface area (Å²) in [5.41, 5.74) is 7.55. The number of rotatable bonds is 10. The monoisotopic (exact) mass is 562 g/mol. The van der Waals surface area contributed by atoms with Crippen molar-refractivity contribution in [2.45, 2.75) is 44.9 Å². The van der Waals surface area contributed by atoms with Gasteiger partial charge in [0.1, 0.15) is 12.0 Å². The highest BCUT2D eigenvalue weighted by Crippen LogP contribution is 2.40. The zero-order valence-corrected chi connectivity index (χ0v) is 25.0. The van der Waals surface area contributed by atoms with Crippen molar-refractivity contribution in [3.8, 4) is 11.3 Å². The average Bonchev–Trinajstić information content (AvgIpc) is 3.70. The molecular weight excluding hydrogens is 518 g/mol. The first-order valence-electron chi connectivity index (χ1n) is 15.1. The molecule has 8 nitrogen and oxygen atoms in total. The van der Waals surface area contributed by atoms with E-state index in [4.69, 9.17) is 14.7 Å². The number of aromatic nitrogens is 4. The Morgan fingerprint density at radius 2 is 1.73 bits per heavy atom. The van der Waals surface area contributed by atoms with Crippen molar-refractivity contribution in [1.29, 1.82) is 0 Å². The molecule has 6 rings (SSSR count). The molecule has 0 spiro atoms. The lowest BCUT2D eigenvalue weighted by molar-refractivity contribution is 0.122. The molecule has 2 saturated heterocycles. The fourth-order valence-electron chi connectivity index (χ4n) is 6.28. The van der Waals surface area contributed by atoms with Gasteiger partial charge in [0, 0.05) is 56.0 Å². The molecule has 9 heteroatoms. The second-order valence-corrected chi connectivity index (χ2v) is 13.6. The van der Waals surface area contributed by atoms with Crippen molar-refractivity contribution in [3.05, 3.63) is 59.0 Å². The van der Waals surface area contributed by atoms with Crippen molar-refractivity contribution in [1.82, 2.24) is 29.4 Å². The Hall–Kier alpha value is -2.46. The van der Waals surface area contributed by atoms with Crippen LogP contribution in [-0.2, 0) is 35.1 Å². The molecule has 2 aromatic heterocycles. The second-order valence-electron chi connectivity index (χ2n) is 11.3. The van der Waals surface area contributed by atoms with Gasteiger partial charge in [-0.25, -0.2) is 9.97 Å². The van der Waals surface area contributed by atoms with Crippen LogP contribution in [0.5, 0.6) is 0 Å². The summed E-state index contributed by atoms with van der Waals surface area (Å²) in [6, 6.07) is 9.40. The highest BCUT2D eigenvalue weighted by atomic mass is 32.2. The van der Waals surface area contributed by atoms with E-state index in [2.05, 4.69) is 61.7 Å². The Bertz CT molecular complexity index is 1220. The van der Waals surface area contributed by atoms with Crippen LogP contribution < -0.4 is 4.90 Å². The SMILES string of the molecule is CC[S+](C)N1CCN(CCc2ccc(CCC3CCc4c(-c5cn[nH]c5)nc(N5CCOCC5)nc43)cc2)CC1. The molecule has 0 radical (unpaired) electrons. The predicted molar refractivity (Wildman–Crippen MR) is 164 cm³/mol. The number of hydrogen-bond acceptors (Lipinski definition) is 7. The van der Waals surface area contributed by atoms with Crippen molar-refractivity contribution in [3.63, 3.8) is 0 Å². The smallest absolute Gasteiger partial charge is 0.226 e. The Morgan fingerprint density at radius 3 is 2.42 bits per heavy atom. The van der Waals surface area contributed by atoms with E-state index in [1.54, 1.807) is 0 Å². The molecule has 214 valence electrons. The van der Waals surface area contributed by atoms with Gasteiger partial charge in [-0.15, -0.1) is 4.31 Å². The summed E-state index contributed by atoms with van der Waals surface area (Å²) in [7, 11) is 0. The maximum Gasteiger partial charge on any atom is 0.226 e. The zero-order chi connectivity index (χ0) is 27.3. The molecule has 1 aromatic carbocycles. The number of nitrogens with zero attached hydrogens (tertiary/aromatic N) is 6. The van der Waals surface area contributed by atoms with E-state index in [0.29, 0.717) is 17.0 Å². The van der Waals surface area contributed by atoms with E-state index in [1.165, 1.54) is 60.9 Å². The van der Waals surface area contributed by atoms with E-state index in [9.17, 15) is 0 Å². The van der Waals surface area contributed by atoms with Crippen LogP contribution in [0.2, 0.25) is 0 Å². The summed E-state index contributed by atoms with van der Waals surface area (Å²) in [6.07, 6.45) is 11.7. The number of aryl methyl sites for hydroxylation is 1. The van der Waals surface area contributed by atoms with Gasteiger partial charge < -0.3 is 14.5 Å². The molecule has 0 saturated carbocycles. The standard InChI is InChI=1S/C31H44N7OS/c1-3-40(2)38-16-14-36(15-17-38)13-12-25-6-4-24(5-7-25)8-9-26-10-11-28-29(26)34-31(37-18-20-39-21-19-37)35-30(28)27-22-32-33-23-27/h4-7,22-23,26H,3,8-21H2,1-2H3,(H,32,33)/q+1. The summed E-state index contributed by atoms with van der Waals surface area (Å²) in [6.45, 7) is 11.5. The lowest BCUT2D eigenvalue weighted by Gasteiger charge is -2.32. The van der Waals surface area contributed by atoms with Crippen LogP contribution in [0.4, 0.5) is 5.95 Å². The molecular formula is C31H44N7OS+. The van der Waals surface area contributed by atoms with Gasteiger partial charge >= 0.3 is 0 Å². The summed E-state index contributed by atoms with van der Waals surface area (Å²) in [5, 5.41) is 7.16. The maximum atomic E-state index is 5.58. The minimum Gasteiger partial charge on any atom is -0.378 e. The Morgan fingerprint density at radius 1 is 0.975 bits per heavy atom. The largest absolute Gasteiger partial charge is 0.378 e. The van der Waals surface area contributed by atoms with Crippen LogP contribution in [0, 0.1) is 0 Å². The van der Waals surface area contributed by atoms with Crippen molar-refractivity contribution >= 4 is 17.0 Å². The number of piperazine rings is 1. The summed E-state index contributed by atoms with van der Waals surface area (Å²) in [4.78, 5) is 15.1. The van der Waals surface area contributed by atoms with E-state index in [1.807, 2.05) is 12.4 Å². The third-order valence-electron chi connectivity index (χ3n) is 8.93. The van der Waals surface area contributed by atoms with Crippen LogP contribution in [0.1, 0.15) is 48.1 Å². The summed E-state index contributed by atoms with van der Waals surface area (Å²) >= 11 is 0.442. The maximum absolute atomic E-state index is 5.58. The molecule has 40 heavy (non-hydrogen) atoms. The predicted octanol–water partition coefficient (Wildman–Crippen LogP) is 3.71. The molecule has 3 aromatic rings. The number of hydrogen-bond donors (Lipinski definition) is 1. The number of fused-ring (bicyclic) bond motifs is 1. The molecule has 1 aliphatic carbocycles. The molecule has 2 unspecified atom stereocenters. The van der Waals surface area contributed by atoms with Gasteiger partial charge in [-0.05, 0) is 50.2 Å². The molecule has 3 aliphatic rings. The van der Waals surface area contributed by atoms with Crippen molar-refractivity contribution in [2.24, 2.45) is 0 Å². The number of nitrogens with one attached hydrogen (secondary N) is 1. The number of anilines is 1. The number of benzene rings is 1. The van der Waals surface area contributed by atoms with Crippen molar-refractivity contribution < 1.29 is 4.74 Å². The highest BCUT2D eigenvalue weighted by molar-refractivity contribution is 7.93. The Labute approximate surface area is 242 Å². The Kier molecular flexibility index (Phi) is 9.01. The first kappa shape index (κ1) is 27.7. The van der Waals surface area contributed by atoms with Gasteiger partial charge in [0.25, 0.3) is 0 Å². The molecule has 2 atom stereocenters. The third-order valence-corrected chi connectivity index (χ3v) is 11.0. The number of morpholine rings is 1. The highest BCUT2D eigenvalue weighted by Gasteiger charge is 2.30. The quantitative estimate of drug-likeness (QED) is 0.378. The molecule has 2 aliphatic heterocycles. The lowest BCUT2D eigenvalue weighted by atomic mass is 9.96.